The predicted molar refractivity (Wildman–Crippen MR) is 109 cm³/mol. The standard InChI is InChI=1S/C21H18N6O2/c1-14(17-11-12-20(29-2)19-6-4-3-5-18(17)19)23-24-21(28)15-7-9-16(10-8-15)27-13-22-25-26-27/h3-13H,1-2H3,(H,24,28)/b23-14-. The fraction of sp³-hybridized carbons (Fsp3) is 0.0952. The molecule has 0 radical (unpaired) electrons. The Labute approximate surface area is 166 Å². The lowest BCUT2D eigenvalue weighted by atomic mass is 10.0. The topological polar surface area (TPSA) is 94.3 Å². The molecule has 0 fully saturated rings. The van der Waals surface area contributed by atoms with Gasteiger partial charge in [0.25, 0.3) is 5.91 Å². The summed E-state index contributed by atoms with van der Waals surface area (Å²) in [5, 5.41) is 17.3. The van der Waals surface area contributed by atoms with Crippen molar-refractivity contribution in [3.05, 3.63) is 78.1 Å². The summed E-state index contributed by atoms with van der Waals surface area (Å²) in [6.45, 7) is 1.86. The molecule has 0 saturated carbocycles. The molecule has 1 heterocycles. The molecule has 0 atom stereocenters. The Balaban J connectivity index is 1.55. The highest BCUT2D eigenvalue weighted by atomic mass is 16.5. The Morgan fingerprint density at radius 1 is 1.03 bits per heavy atom. The van der Waals surface area contributed by atoms with E-state index in [1.54, 1.807) is 31.4 Å². The molecule has 1 amide bonds. The molecule has 0 aliphatic rings. The lowest BCUT2D eigenvalue weighted by Gasteiger charge is -2.10. The molecule has 3 aromatic carbocycles. The van der Waals surface area contributed by atoms with Crippen LogP contribution in [0, 0.1) is 0 Å². The maximum absolute atomic E-state index is 12.5. The van der Waals surface area contributed by atoms with E-state index in [2.05, 4.69) is 26.1 Å². The summed E-state index contributed by atoms with van der Waals surface area (Å²) in [4.78, 5) is 12.5. The van der Waals surface area contributed by atoms with Gasteiger partial charge in [-0.25, -0.2) is 10.1 Å². The Morgan fingerprint density at radius 2 is 1.79 bits per heavy atom. The van der Waals surface area contributed by atoms with Gasteiger partial charge >= 0.3 is 0 Å². The van der Waals surface area contributed by atoms with Crippen LogP contribution in [-0.2, 0) is 0 Å². The number of amides is 1. The zero-order valence-corrected chi connectivity index (χ0v) is 15.9. The summed E-state index contributed by atoms with van der Waals surface area (Å²) in [6.07, 6.45) is 1.49. The molecule has 8 heteroatoms. The Morgan fingerprint density at radius 3 is 2.48 bits per heavy atom. The minimum atomic E-state index is -0.301. The molecule has 29 heavy (non-hydrogen) atoms. The number of nitrogens with zero attached hydrogens (tertiary/aromatic N) is 5. The number of hydrogen-bond acceptors (Lipinski definition) is 6. The predicted octanol–water partition coefficient (Wildman–Crippen LogP) is 2.98. The van der Waals surface area contributed by atoms with Crippen LogP contribution in [-0.4, -0.2) is 38.9 Å². The van der Waals surface area contributed by atoms with E-state index in [0.29, 0.717) is 11.3 Å². The van der Waals surface area contributed by atoms with Crippen molar-refractivity contribution in [3.8, 4) is 11.4 Å². The fourth-order valence-electron chi connectivity index (χ4n) is 3.07. The number of carbonyl (C=O) groups is 1. The van der Waals surface area contributed by atoms with E-state index in [1.807, 2.05) is 43.3 Å². The van der Waals surface area contributed by atoms with Gasteiger partial charge in [-0.1, -0.05) is 24.3 Å². The van der Waals surface area contributed by atoms with Crippen molar-refractivity contribution >= 4 is 22.4 Å². The summed E-state index contributed by atoms with van der Waals surface area (Å²) >= 11 is 0. The van der Waals surface area contributed by atoms with Crippen LogP contribution in [0.15, 0.2) is 72.1 Å². The molecular weight excluding hydrogens is 368 g/mol. The minimum absolute atomic E-state index is 0.301. The second kappa shape index (κ2) is 7.89. The molecule has 4 aromatic rings. The lowest BCUT2D eigenvalue weighted by Crippen LogP contribution is -2.19. The van der Waals surface area contributed by atoms with E-state index in [1.165, 1.54) is 11.0 Å². The molecule has 1 aromatic heterocycles. The smallest absolute Gasteiger partial charge is 0.271 e. The number of tetrazole rings is 1. The highest BCUT2D eigenvalue weighted by Crippen LogP contribution is 2.28. The van der Waals surface area contributed by atoms with Crippen molar-refractivity contribution in [2.24, 2.45) is 5.10 Å². The van der Waals surface area contributed by atoms with E-state index >= 15 is 0 Å². The van der Waals surface area contributed by atoms with Crippen molar-refractivity contribution < 1.29 is 9.53 Å². The van der Waals surface area contributed by atoms with E-state index in [9.17, 15) is 4.79 Å². The first-order chi connectivity index (χ1) is 14.2. The van der Waals surface area contributed by atoms with E-state index in [0.717, 1.165) is 27.8 Å². The highest BCUT2D eigenvalue weighted by Gasteiger charge is 2.10. The number of methoxy groups -OCH3 is 1. The zero-order valence-electron chi connectivity index (χ0n) is 15.9. The number of fused-ring (bicyclic) bond motifs is 1. The summed E-state index contributed by atoms with van der Waals surface area (Å²) in [7, 11) is 1.65. The summed E-state index contributed by atoms with van der Waals surface area (Å²) in [5.41, 5.74) is 5.48. The molecule has 0 aliphatic heterocycles. The van der Waals surface area contributed by atoms with Crippen LogP contribution in [0.2, 0.25) is 0 Å². The van der Waals surface area contributed by atoms with Crippen molar-refractivity contribution in [2.45, 2.75) is 6.92 Å². The van der Waals surface area contributed by atoms with Gasteiger partial charge in [0.15, 0.2) is 0 Å². The zero-order chi connectivity index (χ0) is 20.2. The largest absolute Gasteiger partial charge is 0.496 e. The third-order valence-corrected chi connectivity index (χ3v) is 4.56. The Hall–Kier alpha value is -4.07. The third-order valence-electron chi connectivity index (χ3n) is 4.56. The van der Waals surface area contributed by atoms with Crippen LogP contribution in [0.1, 0.15) is 22.8 Å². The van der Waals surface area contributed by atoms with Crippen LogP contribution < -0.4 is 10.2 Å². The summed E-state index contributed by atoms with van der Waals surface area (Å²) in [5.74, 6) is 0.495. The normalized spacial score (nSPS) is 11.4. The molecule has 0 bridgehead atoms. The molecule has 0 unspecified atom stereocenters. The van der Waals surface area contributed by atoms with Gasteiger partial charge in [0.2, 0.25) is 0 Å². The SMILES string of the molecule is COc1ccc(/C(C)=N\NC(=O)c2ccc(-n3cnnn3)cc2)c2ccccc12. The van der Waals surface area contributed by atoms with Crippen molar-refractivity contribution in [2.75, 3.05) is 7.11 Å². The monoisotopic (exact) mass is 386 g/mol. The molecule has 0 aliphatic carbocycles. The van der Waals surface area contributed by atoms with Crippen LogP contribution >= 0.6 is 0 Å². The average molecular weight is 386 g/mol. The van der Waals surface area contributed by atoms with E-state index < -0.39 is 0 Å². The molecule has 144 valence electrons. The van der Waals surface area contributed by atoms with Crippen LogP contribution in [0.3, 0.4) is 0 Å². The number of rotatable bonds is 5. The minimum Gasteiger partial charge on any atom is -0.496 e. The number of hydrogen-bond donors (Lipinski definition) is 1. The second-order valence-electron chi connectivity index (χ2n) is 6.30. The van der Waals surface area contributed by atoms with Gasteiger partial charge in [-0.2, -0.15) is 5.10 Å². The first-order valence-electron chi connectivity index (χ1n) is 8.91. The fourth-order valence-corrected chi connectivity index (χ4v) is 3.07. The number of carbonyl (C=O) groups excluding carboxylic acids is 1. The van der Waals surface area contributed by atoms with Gasteiger partial charge in [0.1, 0.15) is 12.1 Å². The van der Waals surface area contributed by atoms with Crippen molar-refractivity contribution in [1.82, 2.24) is 25.6 Å². The lowest BCUT2D eigenvalue weighted by molar-refractivity contribution is 0.0955. The molecule has 1 N–H and O–H groups in total. The second-order valence-corrected chi connectivity index (χ2v) is 6.30. The molecule has 8 nitrogen and oxygen atoms in total. The Kier molecular flexibility index (Phi) is 4.98. The number of ether oxygens (including phenoxy) is 1. The number of aromatic nitrogens is 4. The van der Waals surface area contributed by atoms with Crippen molar-refractivity contribution in [1.29, 1.82) is 0 Å². The number of hydrazone groups is 1. The maximum Gasteiger partial charge on any atom is 0.271 e. The quantitative estimate of drug-likeness (QED) is 0.420. The van der Waals surface area contributed by atoms with Gasteiger partial charge < -0.3 is 4.74 Å². The summed E-state index contributed by atoms with van der Waals surface area (Å²) in [6, 6.07) is 18.7. The molecule has 0 spiro atoms. The van der Waals surface area contributed by atoms with Gasteiger partial charge in [0.05, 0.1) is 18.5 Å². The van der Waals surface area contributed by atoms with Gasteiger partial charge in [-0.15, -0.1) is 5.10 Å². The maximum atomic E-state index is 12.5. The molecule has 0 saturated heterocycles. The van der Waals surface area contributed by atoms with E-state index in [-0.39, 0.29) is 5.91 Å². The van der Waals surface area contributed by atoms with E-state index in [4.69, 9.17) is 4.74 Å². The third kappa shape index (κ3) is 3.68. The first-order valence-corrected chi connectivity index (χ1v) is 8.91. The van der Waals surface area contributed by atoms with Crippen LogP contribution in [0.5, 0.6) is 5.75 Å². The molecule has 4 rings (SSSR count). The Bertz CT molecular complexity index is 1180. The van der Waals surface area contributed by atoms with Gasteiger partial charge in [-0.05, 0) is 59.1 Å². The average Bonchev–Trinajstić information content (AvgIpc) is 3.31. The van der Waals surface area contributed by atoms with Gasteiger partial charge in [0, 0.05) is 16.5 Å². The summed E-state index contributed by atoms with van der Waals surface area (Å²) < 4.78 is 6.94. The highest BCUT2D eigenvalue weighted by molar-refractivity contribution is 6.11. The first kappa shape index (κ1) is 18.3. The van der Waals surface area contributed by atoms with Crippen molar-refractivity contribution in [3.63, 3.8) is 0 Å². The molecular formula is C21H18N6O2. The van der Waals surface area contributed by atoms with Gasteiger partial charge in [-0.3, -0.25) is 4.79 Å². The number of benzene rings is 3. The number of nitrogens with one attached hydrogen (secondary N) is 1. The van der Waals surface area contributed by atoms with Crippen LogP contribution in [0.4, 0.5) is 0 Å². The van der Waals surface area contributed by atoms with Crippen LogP contribution in [0.25, 0.3) is 16.5 Å².